The Hall–Kier alpha value is -1.81. The van der Waals surface area contributed by atoms with Crippen LogP contribution in [-0.4, -0.2) is 47.8 Å². The lowest BCUT2D eigenvalue weighted by Gasteiger charge is -2.44. The number of halogens is 6. The van der Waals surface area contributed by atoms with Gasteiger partial charge in [0, 0.05) is 0 Å². The molecule has 0 spiro atoms. The van der Waals surface area contributed by atoms with Crippen molar-refractivity contribution in [3.05, 3.63) is 35.9 Å². The Balaban J connectivity index is 2.30. The van der Waals surface area contributed by atoms with E-state index in [2.05, 4.69) is 9.47 Å². The first kappa shape index (κ1) is 17.5. The number of rotatable bonds is 3. The molecule has 0 aromatic heterocycles. The Bertz CT molecular complexity index is 577. The van der Waals surface area contributed by atoms with Crippen molar-refractivity contribution in [3.8, 4) is 0 Å². The standard InChI is InChI=1S/C13H10F6O4/c14-11(15)8(6-20)22-10(12(16,17)13(11,18)19)23-9(21)7-4-2-1-3-5-7/h1-5,8,10,20H,6H2/t8-,10-/m1/s1. The molecule has 23 heavy (non-hydrogen) atoms. The Morgan fingerprint density at radius 1 is 1.09 bits per heavy atom. The van der Waals surface area contributed by atoms with Gasteiger partial charge in [-0.15, -0.1) is 0 Å². The van der Waals surface area contributed by atoms with Crippen molar-refractivity contribution in [2.24, 2.45) is 0 Å². The van der Waals surface area contributed by atoms with E-state index in [1.54, 1.807) is 0 Å². The molecule has 0 saturated carbocycles. The molecular weight excluding hydrogens is 334 g/mol. The number of carbonyl (C=O) groups excluding carboxylic acids is 1. The molecule has 1 heterocycles. The summed E-state index contributed by atoms with van der Waals surface area (Å²) in [5.41, 5.74) is -0.270. The Labute approximate surface area is 125 Å². The van der Waals surface area contributed by atoms with Crippen LogP contribution in [0.1, 0.15) is 10.4 Å². The zero-order valence-corrected chi connectivity index (χ0v) is 11.2. The van der Waals surface area contributed by atoms with E-state index < -0.39 is 42.7 Å². The summed E-state index contributed by atoms with van der Waals surface area (Å²) in [4.78, 5) is 11.6. The Kier molecular flexibility index (Phi) is 4.33. The predicted molar refractivity (Wildman–Crippen MR) is 62.4 cm³/mol. The number of alkyl halides is 6. The number of hydrogen-bond acceptors (Lipinski definition) is 4. The maximum atomic E-state index is 13.6. The normalized spacial score (nSPS) is 28.1. The van der Waals surface area contributed by atoms with Crippen LogP contribution in [0.5, 0.6) is 0 Å². The number of hydrogen-bond donors (Lipinski definition) is 1. The van der Waals surface area contributed by atoms with Gasteiger partial charge in [0.25, 0.3) is 6.29 Å². The first-order valence-electron chi connectivity index (χ1n) is 6.21. The summed E-state index contributed by atoms with van der Waals surface area (Å²) in [5, 5.41) is 8.67. The van der Waals surface area contributed by atoms with Crippen LogP contribution in [0, 0.1) is 0 Å². The summed E-state index contributed by atoms with van der Waals surface area (Å²) in [6, 6.07) is 6.45. The average molecular weight is 344 g/mol. The molecule has 2 rings (SSSR count). The van der Waals surface area contributed by atoms with Gasteiger partial charge in [-0.25, -0.2) is 4.79 Å². The van der Waals surface area contributed by atoms with Crippen LogP contribution in [-0.2, 0) is 9.47 Å². The predicted octanol–water partition coefficient (Wildman–Crippen LogP) is 2.47. The fourth-order valence-corrected chi connectivity index (χ4v) is 1.89. The molecule has 1 aromatic rings. The quantitative estimate of drug-likeness (QED) is 0.676. The van der Waals surface area contributed by atoms with Crippen LogP contribution in [0.4, 0.5) is 26.3 Å². The minimum absolute atomic E-state index is 0.270. The van der Waals surface area contributed by atoms with Crippen molar-refractivity contribution in [2.45, 2.75) is 30.2 Å². The smallest absolute Gasteiger partial charge is 0.381 e. The lowest BCUT2D eigenvalue weighted by molar-refractivity contribution is -0.435. The van der Waals surface area contributed by atoms with Crippen LogP contribution >= 0.6 is 0 Å². The van der Waals surface area contributed by atoms with Crippen molar-refractivity contribution < 1.29 is 45.7 Å². The first-order chi connectivity index (χ1) is 10.6. The number of carbonyl (C=O) groups is 1. The highest BCUT2D eigenvalue weighted by atomic mass is 19.3. The lowest BCUT2D eigenvalue weighted by Crippen LogP contribution is -2.71. The number of aliphatic hydroxyl groups excluding tert-OH is 1. The summed E-state index contributed by atoms with van der Waals surface area (Å²) >= 11 is 0. The number of benzene rings is 1. The van der Waals surface area contributed by atoms with Crippen molar-refractivity contribution in [1.29, 1.82) is 0 Å². The van der Waals surface area contributed by atoms with E-state index in [9.17, 15) is 31.1 Å². The molecule has 2 atom stereocenters. The van der Waals surface area contributed by atoms with Crippen molar-refractivity contribution in [2.75, 3.05) is 6.61 Å². The summed E-state index contributed by atoms with van der Waals surface area (Å²) in [6.07, 6.45) is -6.23. The van der Waals surface area contributed by atoms with Gasteiger partial charge in [-0.2, -0.15) is 26.3 Å². The van der Waals surface area contributed by atoms with Gasteiger partial charge in [-0.3, -0.25) is 0 Å². The number of ether oxygens (including phenoxy) is 2. The third kappa shape index (κ3) is 2.65. The van der Waals surface area contributed by atoms with Crippen LogP contribution in [0.25, 0.3) is 0 Å². The number of esters is 1. The highest BCUT2D eigenvalue weighted by Crippen LogP contribution is 2.54. The second kappa shape index (κ2) is 5.68. The Morgan fingerprint density at radius 2 is 1.65 bits per heavy atom. The first-order valence-corrected chi connectivity index (χ1v) is 6.21. The van der Waals surface area contributed by atoms with Crippen LogP contribution in [0.2, 0.25) is 0 Å². The van der Waals surface area contributed by atoms with Gasteiger partial charge >= 0.3 is 23.7 Å². The molecule has 1 aliphatic rings. The molecule has 0 aliphatic carbocycles. The highest BCUT2D eigenvalue weighted by molar-refractivity contribution is 5.89. The van der Waals surface area contributed by atoms with Gasteiger partial charge < -0.3 is 14.6 Å². The molecule has 128 valence electrons. The minimum Gasteiger partial charge on any atom is -0.425 e. The number of aliphatic hydroxyl groups is 1. The summed E-state index contributed by atoms with van der Waals surface area (Å²) in [5.74, 6) is -18.2. The summed E-state index contributed by atoms with van der Waals surface area (Å²) in [7, 11) is 0. The molecule has 0 radical (unpaired) electrons. The molecule has 4 nitrogen and oxygen atoms in total. The van der Waals surface area contributed by atoms with Crippen LogP contribution in [0.15, 0.2) is 30.3 Å². The molecule has 1 saturated heterocycles. The molecule has 0 bridgehead atoms. The monoisotopic (exact) mass is 344 g/mol. The van der Waals surface area contributed by atoms with Gasteiger partial charge in [0.15, 0.2) is 6.10 Å². The third-order valence-electron chi connectivity index (χ3n) is 3.21. The SMILES string of the molecule is O=C(O[C@H]1O[C@H](CO)C(F)(F)C(F)(F)C1(F)F)c1ccccc1. The maximum absolute atomic E-state index is 13.6. The Morgan fingerprint density at radius 3 is 2.17 bits per heavy atom. The molecular formula is C13H10F6O4. The zero-order valence-electron chi connectivity index (χ0n) is 11.2. The average Bonchev–Trinajstić information content (AvgIpc) is 2.50. The fourth-order valence-electron chi connectivity index (χ4n) is 1.89. The summed E-state index contributed by atoms with van der Waals surface area (Å²) < 4.78 is 88.8. The minimum atomic E-state index is -5.88. The molecule has 1 aliphatic heterocycles. The molecule has 1 fully saturated rings. The molecule has 0 amide bonds. The van der Waals surface area contributed by atoms with Gasteiger partial charge in [0.05, 0.1) is 12.2 Å². The largest absolute Gasteiger partial charge is 0.425 e. The topological polar surface area (TPSA) is 55.8 Å². The van der Waals surface area contributed by atoms with E-state index in [0.29, 0.717) is 0 Å². The van der Waals surface area contributed by atoms with E-state index in [0.717, 1.165) is 12.1 Å². The van der Waals surface area contributed by atoms with Crippen LogP contribution in [0.3, 0.4) is 0 Å². The van der Waals surface area contributed by atoms with Gasteiger partial charge in [-0.1, -0.05) is 18.2 Å². The van der Waals surface area contributed by atoms with Crippen molar-refractivity contribution in [1.82, 2.24) is 0 Å². The third-order valence-corrected chi connectivity index (χ3v) is 3.21. The second-order valence-corrected chi connectivity index (χ2v) is 4.73. The fraction of sp³-hybridized carbons (Fsp3) is 0.462. The summed E-state index contributed by atoms with van der Waals surface area (Å²) in [6.45, 7) is -1.67. The van der Waals surface area contributed by atoms with E-state index >= 15 is 0 Å². The van der Waals surface area contributed by atoms with E-state index in [1.165, 1.54) is 18.2 Å². The maximum Gasteiger partial charge on any atom is 0.381 e. The van der Waals surface area contributed by atoms with E-state index in [4.69, 9.17) is 5.11 Å². The highest BCUT2D eigenvalue weighted by Gasteiger charge is 2.81. The molecule has 1 N–H and O–H groups in total. The van der Waals surface area contributed by atoms with Gasteiger partial charge in [0.2, 0.25) is 0 Å². The van der Waals surface area contributed by atoms with Crippen molar-refractivity contribution in [3.63, 3.8) is 0 Å². The lowest BCUT2D eigenvalue weighted by atomic mass is 9.96. The molecule has 10 heteroatoms. The van der Waals surface area contributed by atoms with Gasteiger partial charge in [0.1, 0.15) is 0 Å². The van der Waals surface area contributed by atoms with Crippen molar-refractivity contribution >= 4 is 5.97 Å². The van der Waals surface area contributed by atoms with E-state index in [-0.39, 0.29) is 5.56 Å². The van der Waals surface area contributed by atoms with Gasteiger partial charge in [-0.05, 0) is 12.1 Å². The van der Waals surface area contributed by atoms with E-state index in [1.807, 2.05) is 0 Å². The second-order valence-electron chi connectivity index (χ2n) is 4.73. The molecule has 1 aromatic carbocycles. The molecule has 0 unspecified atom stereocenters. The van der Waals surface area contributed by atoms with Crippen LogP contribution < -0.4 is 0 Å². The zero-order chi connectivity index (χ0) is 17.5.